The predicted octanol–water partition coefficient (Wildman–Crippen LogP) is 2.74. The molecule has 4 rings (SSSR count). The number of amides is 2. The van der Waals surface area contributed by atoms with E-state index in [1.54, 1.807) is 0 Å². The molecule has 4 heteroatoms. The Morgan fingerprint density at radius 1 is 1.25 bits per heavy atom. The lowest BCUT2D eigenvalue weighted by atomic mass is 9.75. The molecular weight excluding hydrogens is 300 g/mol. The fourth-order valence-electron chi connectivity index (χ4n) is 4.43. The van der Waals surface area contributed by atoms with E-state index in [0.29, 0.717) is 12.5 Å². The van der Waals surface area contributed by atoms with Crippen LogP contribution in [0.15, 0.2) is 24.3 Å². The third-order valence-corrected chi connectivity index (χ3v) is 6.06. The van der Waals surface area contributed by atoms with Crippen molar-refractivity contribution in [3.05, 3.63) is 35.4 Å². The second-order valence-electron chi connectivity index (χ2n) is 8.35. The van der Waals surface area contributed by atoms with Crippen molar-refractivity contribution in [1.29, 1.82) is 0 Å². The molecule has 1 saturated carbocycles. The molecule has 1 saturated heterocycles. The molecule has 1 aliphatic carbocycles. The molecule has 2 unspecified atom stereocenters. The summed E-state index contributed by atoms with van der Waals surface area (Å²) in [5.74, 6) is 0.834. The molecule has 1 aromatic carbocycles. The van der Waals surface area contributed by atoms with Gasteiger partial charge in [-0.1, -0.05) is 45.0 Å². The molecule has 2 atom stereocenters. The number of hydrogen-bond donors (Lipinski definition) is 0. The SMILES string of the molecule is CC(C(=O)N1CC(=O)N2CC(C)(C)c3ccccc3C2C1)C1CC1. The molecule has 0 spiro atoms. The van der Waals surface area contributed by atoms with Crippen LogP contribution in [0.5, 0.6) is 0 Å². The summed E-state index contributed by atoms with van der Waals surface area (Å²) >= 11 is 0. The summed E-state index contributed by atoms with van der Waals surface area (Å²) in [5.41, 5.74) is 2.47. The third kappa shape index (κ3) is 2.43. The minimum absolute atomic E-state index is 0.00540. The van der Waals surface area contributed by atoms with Crippen LogP contribution < -0.4 is 0 Å². The van der Waals surface area contributed by atoms with E-state index in [0.717, 1.165) is 19.4 Å². The van der Waals surface area contributed by atoms with Crippen molar-refractivity contribution in [2.24, 2.45) is 11.8 Å². The van der Waals surface area contributed by atoms with Crippen molar-refractivity contribution in [3.8, 4) is 0 Å². The quantitative estimate of drug-likeness (QED) is 0.838. The van der Waals surface area contributed by atoms with Gasteiger partial charge in [-0.3, -0.25) is 9.59 Å². The standard InChI is InChI=1S/C20H26N2O2/c1-13(14-8-9-14)19(24)21-10-17-15-6-4-5-7-16(15)20(2,3)12-22(17)18(23)11-21/h4-7,13-14,17H,8-12H2,1-3H3. The van der Waals surface area contributed by atoms with E-state index >= 15 is 0 Å². The smallest absolute Gasteiger partial charge is 0.242 e. The highest BCUT2D eigenvalue weighted by Gasteiger charge is 2.45. The zero-order valence-electron chi connectivity index (χ0n) is 14.8. The molecule has 0 bridgehead atoms. The predicted molar refractivity (Wildman–Crippen MR) is 92.4 cm³/mol. The maximum atomic E-state index is 12.8. The van der Waals surface area contributed by atoms with Gasteiger partial charge in [0.25, 0.3) is 0 Å². The fraction of sp³-hybridized carbons (Fsp3) is 0.600. The van der Waals surface area contributed by atoms with Gasteiger partial charge in [-0.05, 0) is 29.9 Å². The average Bonchev–Trinajstić information content (AvgIpc) is 3.39. The topological polar surface area (TPSA) is 40.6 Å². The van der Waals surface area contributed by atoms with Crippen LogP contribution in [0.4, 0.5) is 0 Å². The Bertz CT molecular complexity index is 693. The first kappa shape index (κ1) is 15.7. The Kier molecular flexibility index (Phi) is 3.48. The highest BCUT2D eigenvalue weighted by Crippen LogP contribution is 2.42. The first-order valence-electron chi connectivity index (χ1n) is 9.06. The summed E-state index contributed by atoms with van der Waals surface area (Å²) in [6.07, 6.45) is 2.31. The molecule has 2 heterocycles. The molecule has 0 N–H and O–H groups in total. The summed E-state index contributed by atoms with van der Waals surface area (Å²) < 4.78 is 0. The number of rotatable bonds is 2. The Hall–Kier alpha value is -1.84. The second kappa shape index (κ2) is 5.33. The van der Waals surface area contributed by atoms with Crippen LogP contribution in [0.2, 0.25) is 0 Å². The van der Waals surface area contributed by atoms with Gasteiger partial charge in [-0.2, -0.15) is 0 Å². The van der Waals surface area contributed by atoms with Crippen LogP contribution >= 0.6 is 0 Å². The summed E-state index contributed by atoms with van der Waals surface area (Å²) in [4.78, 5) is 29.4. The first-order valence-corrected chi connectivity index (χ1v) is 9.06. The van der Waals surface area contributed by atoms with E-state index in [1.807, 2.05) is 22.8 Å². The summed E-state index contributed by atoms with van der Waals surface area (Å²) in [6.45, 7) is 8.02. The normalized spacial score (nSPS) is 26.6. The summed E-state index contributed by atoms with van der Waals surface area (Å²) in [7, 11) is 0. The van der Waals surface area contributed by atoms with Gasteiger partial charge in [0.2, 0.25) is 11.8 Å². The van der Waals surface area contributed by atoms with E-state index in [-0.39, 0.29) is 35.7 Å². The van der Waals surface area contributed by atoms with Crippen LogP contribution in [0.1, 0.15) is 50.8 Å². The molecule has 24 heavy (non-hydrogen) atoms. The molecule has 2 fully saturated rings. The number of hydrogen-bond acceptors (Lipinski definition) is 2. The molecule has 128 valence electrons. The van der Waals surface area contributed by atoms with Crippen LogP contribution in [-0.2, 0) is 15.0 Å². The minimum atomic E-state index is -0.0454. The van der Waals surface area contributed by atoms with E-state index in [4.69, 9.17) is 0 Å². The van der Waals surface area contributed by atoms with Crippen LogP contribution in [0.25, 0.3) is 0 Å². The van der Waals surface area contributed by atoms with E-state index in [2.05, 4.69) is 32.0 Å². The lowest BCUT2D eigenvalue weighted by Crippen LogP contribution is -2.59. The zero-order valence-corrected chi connectivity index (χ0v) is 14.8. The number of fused-ring (bicyclic) bond motifs is 3. The zero-order chi connectivity index (χ0) is 17.1. The lowest BCUT2D eigenvalue weighted by molar-refractivity contribution is -0.152. The molecule has 2 aliphatic heterocycles. The van der Waals surface area contributed by atoms with Crippen LogP contribution in [-0.4, -0.2) is 41.2 Å². The Balaban J connectivity index is 1.65. The molecule has 2 amide bonds. The Morgan fingerprint density at radius 2 is 1.96 bits per heavy atom. The highest BCUT2D eigenvalue weighted by molar-refractivity contribution is 5.88. The van der Waals surface area contributed by atoms with Crippen molar-refractivity contribution in [2.75, 3.05) is 19.6 Å². The molecule has 4 nitrogen and oxygen atoms in total. The van der Waals surface area contributed by atoms with Gasteiger partial charge in [-0.15, -0.1) is 0 Å². The largest absolute Gasteiger partial charge is 0.331 e. The van der Waals surface area contributed by atoms with Gasteiger partial charge < -0.3 is 9.80 Å². The van der Waals surface area contributed by atoms with Gasteiger partial charge in [0.1, 0.15) is 0 Å². The Morgan fingerprint density at radius 3 is 2.67 bits per heavy atom. The van der Waals surface area contributed by atoms with E-state index < -0.39 is 0 Å². The van der Waals surface area contributed by atoms with E-state index in [1.165, 1.54) is 11.1 Å². The maximum Gasteiger partial charge on any atom is 0.242 e. The summed E-state index contributed by atoms with van der Waals surface area (Å²) in [5, 5.41) is 0. The summed E-state index contributed by atoms with van der Waals surface area (Å²) in [6, 6.07) is 8.41. The number of carbonyl (C=O) groups is 2. The number of carbonyl (C=O) groups excluding carboxylic acids is 2. The lowest BCUT2D eigenvalue weighted by Gasteiger charge is -2.50. The van der Waals surface area contributed by atoms with Gasteiger partial charge in [-0.25, -0.2) is 0 Å². The van der Waals surface area contributed by atoms with Crippen molar-refractivity contribution >= 4 is 11.8 Å². The van der Waals surface area contributed by atoms with Crippen LogP contribution in [0.3, 0.4) is 0 Å². The second-order valence-corrected chi connectivity index (χ2v) is 8.35. The fourth-order valence-corrected chi connectivity index (χ4v) is 4.43. The average molecular weight is 326 g/mol. The van der Waals surface area contributed by atoms with Gasteiger partial charge >= 0.3 is 0 Å². The van der Waals surface area contributed by atoms with Crippen molar-refractivity contribution in [3.63, 3.8) is 0 Å². The molecule has 3 aliphatic rings. The Labute approximate surface area is 143 Å². The first-order chi connectivity index (χ1) is 11.4. The van der Waals surface area contributed by atoms with Gasteiger partial charge in [0.15, 0.2) is 0 Å². The van der Waals surface area contributed by atoms with E-state index in [9.17, 15) is 9.59 Å². The third-order valence-electron chi connectivity index (χ3n) is 6.06. The van der Waals surface area contributed by atoms with Gasteiger partial charge in [0.05, 0.1) is 12.6 Å². The minimum Gasteiger partial charge on any atom is -0.331 e. The molecular formula is C20H26N2O2. The molecule has 1 aromatic rings. The van der Waals surface area contributed by atoms with Crippen molar-refractivity contribution < 1.29 is 9.59 Å². The highest BCUT2D eigenvalue weighted by atomic mass is 16.2. The van der Waals surface area contributed by atoms with Crippen molar-refractivity contribution in [2.45, 2.75) is 45.1 Å². The monoisotopic (exact) mass is 326 g/mol. The van der Waals surface area contributed by atoms with Gasteiger partial charge in [0, 0.05) is 24.4 Å². The maximum absolute atomic E-state index is 12.8. The van der Waals surface area contributed by atoms with Crippen LogP contribution in [0, 0.1) is 11.8 Å². The molecule has 0 aromatic heterocycles. The number of nitrogens with zero attached hydrogens (tertiary/aromatic N) is 2. The molecule has 0 radical (unpaired) electrons. The number of piperazine rings is 1. The number of benzene rings is 1. The van der Waals surface area contributed by atoms with Crippen molar-refractivity contribution in [1.82, 2.24) is 9.80 Å².